The standard InChI is InChI=1S/C25H46O4/c1-5-9-11-13-15-17-21-28-23(26)25(19-7-3,20-8-4)24(27)29-22-18-16-14-12-10-6-2/h7H,3,5-6,8-22H2,1-2,4H3. The Morgan fingerprint density at radius 3 is 1.48 bits per heavy atom. The van der Waals surface area contributed by atoms with Crippen molar-refractivity contribution < 1.29 is 19.1 Å². The van der Waals surface area contributed by atoms with Gasteiger partial charge in [0.15, 0.2) is 5.41 Å². The number of hydrogen-bond acceptors (Lipinski definition) is 4. The van der Waals surface area contributed by atoms with Gasteiger partial charge in [0.05, 0.1) is 13.2 Å². The number of ether oxygens (including phenoxy) is 2. The van der Waals surface area contributed by atoms with E-state index in [2.05, 4.69) is 20.4 Å². The molecule has 0 aliphatic rings. The monoisotopic (exact) mass is 410 g/mol. The zero-order valence-electron chi connectivity index (χ0n) is 19.4. The van der Waals surface area contributed by atoms with Gasteiger partial charge in [-0.05, 0) is 25.7 Å². The van der Waals surface area contributed by atoms with Gasteiger partial charge in [0.1, 0.15) is 0 Å². The number of unbranched alkanes of at least 4 members (excludes halogenated alkanes) is 10. The van der Waals surface area contributed by atoms with Gasteiger partial charge in [-0.3, -0.25) is 9.59 Å². The van der Waals surface area contributed by atoms with Gasteiger partial charge in [-0.25, -0.2) is 0 Å². The molecular weight excluding hydrogens is 364 g/mol. The van der Waals surface area contributed by atoms with Crippen molar-refractivity contribution >= 4 is 11.9 Å². The van der Waals surface area contributed by atoms with Crippen LogP contribution >= 0.6 is 0 Å². The summed E-state index contributed by atoms with van der Waals surface area (Å²) in [5, 5.41) is 0. The van der Waals surface area contributed by atoms with E-state index in [0.717, 1.165) is 25.7 Å². The summed E-state index contributed by atoms with van der Waals surface area (Å²) in [6, 6.07) is 0. The van der Waals surface area contributed by atoms with Gasteiger partial charge in [0.25, 0.3) is 0 Å². The zero-order chi connectivity index (χ0) is 21.8. The first-order valence-electron chi connectivity index (χ1n) is 12.0. The van der Waals surface area contributed by atoms with Crippen LogP contribution in [0.2, 0.25) is 0 Å². The largest absolute Gasteiger partial charge is 0.465 e. The normalized spacial score (nSPS) is 11.3. The molecule has 29 heavy (non-hydrogen) atoms. The van der Waals surface area contributed by atoms with Crippen LogP contribution in [-0.2, 0) is 19.1 Å². The van der Waals surface area contributed by atoms with Crippen molar-refractivity contribution in [2.75, 3.05) is 13.2 Å². The van der Waals surface area contributed by atoms with Gasteiger partial charge in [0, 0.05) is 0 Å². The van der Waals surface area contributed by atoms with Crippen LogP contribution in [0, 0.1) is 5.41 Å². The second-order valence-electron chi connectivity index (χ2n) is 8.13. The summed E-state index contributed by atoms with van der Waals surface area (Å²) in [5.41, 5.74) is -1.24. The maximum atomic E-state index is 12.9. The average molecular weight is 411 g/mol. The minimum absolute atomic E-state index is 0.269. The van der Waals surface area contributed by atoms with Gasteiger partial charge in [-0.15, -0.1) is 6.58 Å². The average Bonchev–Trinajstić information content (AvgIpc) is 2.71. The van der Waals surface area contributed by atoms with Crippen molar-refractivity contribution in [1.82, 2.24) is 0 Å². The van der Waals surface area contributed by atoms with Crippen LogP contribution in [-0.4, -0.2) is 25.2 Å². The summed E-state index contributed by atoms with van der Waals surface area (Å²) in [5.74, 6) is -0.887. The predicted molar refractivity (Wildman–Crippen MR) is 121 cm³/mol. The van der Waals surface area contributed by atoms with E-state index < -0.39 is 17.4 Å². The Balaban J connectivity index is 4.54. The molecule has 0 spiro atoms. The summed E-state index contributed by atoms with van der Waals surface area (Å²) in [6.45, 7) is 10.9. The number of rotatable bonds is 20. The molecule has 0 bridgehead atoms. The summed E-state index contributed by atoms with van der Waals surface area (Å²) < 4.78 is 11.0. The SMILES string of the molecule is C=CCC(CCC)(C(=O)OCCCCCCCC)C(=O)OCCCCCCCC. The fourth-order valence-electron chi connectivity index (χ4n) is 3.60. The lowest BCUT2D eigenvalue weighted by Gasteiger charge is -2.28. The Kier molecular flexibility index (Phi) is 17.8. The number of allylic oxidation sites excluding steroid dienone is 1. The van der Waals surface area contributed by atoms with Gasteiger partial charge in [-0.1, -0.05) is 97.5 Å². The molecule has 0 aromatic rings. The highest BCUT2D eigenvalue weighted by Crippen LogP contribution is 2.33. The molecule has 4 nitrogen and oxygen atoms in total. The van der Waals surface area contributed by atoms with Crippen LogP contribution in [0.3, 0.4) is 0 Å². The van der Waals surface area contributed by atoms with Gasteiger partial charge in [0.2, 0.25) is 0 Å². The third-order valence-corrected chi connectivity index (χ3v) is 5.41. The first kappa shape index (κ1) is 27.7. The van der Waals surface area contributed by atoms with Crippen molar-refractivity contribution in [3.8, 4) is 0 Å². The minimum atomic E-state index is -1.24. The van der Waals surface area contributed by atoms with E-state index in [0.29, 0.717) is 26.1 Å². The molecule has 0 aliphatic heterocycles. The van der Waals surface area contributed by atoms with E-state index >= 15 is 0 Å². The van der Waals surface area contributed by atoms with E-state index in [1.807, 2.05) is 6.92 Å². The molecule has 170 valence electrons. The third kappa shape index (κ3) is 12.1. The minimum Gasteiger partial charge on any atom is -0.465 e. The highest BCUT2D eigenvalue weighted by atomic mass is 16.6. The van der Waals surface area contributed by atoms with Crippen LogP contribution in [0.25, 0.3) is 0 Å². The van der Waals surface area contributed by atoms with E-state index in [9.17, 15) is 9.59 Å². The molecule has 0 atom stereocenters. The molecule has 0 aromatic heterocycles. The van der Waals surface area contributed by atoms with Crippen molar-refractivity contribution in [1.29, 1.82) is 0 Å². The van der Waals surface area contributed by atoms with E-state index in [-0.39, 0.29) is 6.42 Å². The Morgan fingerprint density at radius 2 is 1.10 bits per heavy atom. The number of hydrogen-bond donors (Lipinski definition) is 0. The van der Waals surface area contributed by atoms with Gasteiger partial charge in [-0.2, -0.15) is 0 Å². The third-order valence-electron chi connectivity index (χ3n) is 5.41. The summed E-state index contributed by atoms with van der Waals surface area (Å²) >= 11 is 0. The van der Waals surface area contributed by atoms with Crippen molar-refractivity contribution in [3.63, 3.8) is 0 Å². The number of esters is 2. The second-order valence-corrected chi connectivity index (χ2v) is 8.13. The van der Waals surface area contributed by atoms with Crippen molar-refractivity contribution in [2.45, 2.75) is 117 Å². The smallest absolute Gasteiger partial charge is 0.323 e. The highest BCUT2D eigenvalue weighted by molar-refractivity contribution is 6.00. The van der Waals surface area contributed by atoms with Crippen molar-refractivity contribution in [2.24, 2.45) is 5.41 Å². The summed E-state index contributed by atoms with van der Waals surface area (Å²) in [7, 11) is 0. The Bertz CT molecular complexity index is 401. The molecule has 0 aliphatic carbocycles. The van der Waals surface area contributed by atoms with Gasteiger partial charge < -0.3 is 9.47 Å². The van der Waals surface area contributed by atoms with Crippen molar-refractivity contribution in [3.05, 3.63) is 12.7 Å². The lowest BCUT2D eigenvalue weighted by atomic mass is 9.80. The lowest BCUT2D eigenvalue weighted by Crippen LogP contribution is -2.42. The molecule has 0 rings (SSSR count). The fraction of sp³-hybridized carbons (Fsp3) is 0.840. The molecule has 0 saturated carbocycles. The molecule has 4 heteroatoms. The number of carbonyl (C=O) groups is 2. The second kappa shape index (κ2) is 18.7. The number of carbonyl (C=O) groups excluding carboxylic acids is 2. The Labute approximate surface area is 179 Å². The van der Waals surface area contributed by atoms with Crippen LogP contribution in [0.4, 0.5) is 0 Å². The Hall–Kier alpha value is -1.32. The van der Waals surface area contributed by atoms with Crippen LogP contribution < -0.4 is 0 Å². The highest BCUT2D eigenvalue weighted by Gasteiger charge is 2.47. The lowest BCUT2D eigenvalue weighted by molar-refractivity contribution is -0.173. The molecule has 0 N–H and O–H groups in total. The first-order valence-corrected chi connectivity index (χ1v) is 12.0. The molecule has 0 unspecified atom stereocenters. The van der Waals surface area contributed by atoms with Crippen LogP contribution in [0.5, 0.6) is 0 Å². The topological polar surface area (TPSA) is 52.6 Å². The zero-order valence-corrected chi connectivity index (χ0v) is 19.4. The molecule has 0 aromatic carbocycles. The Morgan fingerprint density at radius 1 is 0.690 bits per heavy atom. The molecule has 0 heterocycles. The summed E-state index contributed by atoms with van der Waals surface area (Å²) in [6.07, 6.45) is 16.6. The van der Waals surface area contributed by atoms with Crippen LogP contribution in [0.1, 0.15) is 117 Å². The molecule has 0 fully saturated rings. The predicted octanol–water partition coefficient (Wildman–Crippen LogP) is 7.16. The van der Waals surface area contributed by atoms with Crippen LogP contribution in [0.15, 0.2) is 12.7 Å². The molecule has 0 radical (unpaired) electrons. The summed E-state index contributed by atoms with van der Waals surface area (Å²) in [4.78, 5) is 25.7. The van der Waals surface area contributed by atoms with E-state index in [4.69, 9.17) is 9.47 Å². The molecule has 0 saturated heterocycles. The maximum absolute atomic E-state index is 12.9. The fourth-order valence-corrected chi connectivity index (χ4v) is 3.60. The van der Waals surface area contributed by atoms with Gasteiger partial charge >= 0.3 is 11.9 Å². The van der Waals surface area contributed by atoms with E-state index in [1.165, 1.54) is 51.4 Å². The molecular formula is C25H46O4. The first-order chi connectivity index (χ1) is 14.1. The maximum Gasteiger partial charge on any atom is 0.323 e. The van der Waals surface area contributed by atoms with E-state index in [1.54, 1.807) is 6.08 Å². The molecule has 0 amide bonds. The quantitative estimate of drug-likeness (QED) is 0.0925.